The summed E-state index contributed by atoms with van der Waals surface area (Å²) in [7, 11) is 0. The van der Waals surface area contributed by atoms with E-state index in [0.29, 0.717) is 18.8 Å². The number of benzene rings is 1. The minimum absolute atomic E-state index is 0.0325. The fourth-order valence-corrected chi connectivity index (χ4v) is 3.44. The highest BCUT2D eigenvalue weighted by molar-refractivity contribution is 7.99. The van der Waals surface area contributed by atoms with Gasteiger partial charge < -0.3 is 4.90 Å². The van der Waals surface area contributed by atoms with E-state index >= 15 is 0 Å². The highest BCUT2D eigenvalue weighted by Gasteiger charge is 2.17. The van der Waals surface area contributed by atoms with Crippen LogP contribution in [0.4, 0.5) is 0 Å². The molecule has 1 aromatic heterocycles. The predicted octanol–water partition coefficient (Wildman–Crippen LogP) is 3.59. The lowest BCUT2D eigenvalue weighted by Crippen LogP contribution is -2.35. The quantitative estimate of drug-likeness (QED) is 0.711. The Hall–Kier alpha value is -2.26. The first kappa shape index (κ1) is 19.1. The molecule has 0 bridgehead atoms. The van der Waals surface area contributed by atoms with Gasteiger partial charge in [0.15, 0.2) is 5.16 Å². The summed E-state index contributed by atoms with van der Waals surface area (Å²) in [5.74, 6) is 0.185. The highest BCUT2D eigenvalue weighted by Crippen LogP contribution is 2.24. The maximum absolute atomic E-state index is 12.4. The monoisotopic (exact) mass is 356 g/mol. The van der Waals surface area contributed by atoms with E-state index in [1.807, 2.05) is 30.7 Å². The number of aryl methyl sites for hydroxylation is 1. The van der Waals surface area contributed by atoms with Gasteiger partial charge in [-0.15, -0.1) is 0 Å². The van der Waals surface area contributed by atoms with E-state index in [9.17, 15) is 4.79 Å². The van der Waals surface area contributed by atoms with Crippen LogP contribution in [0, 0.1) is 31.1 Å². The molecule has 1 heterocycles. The van der Waals surface area contributed by atoms with E-state index in [1.54, 1.807) is 11.1 Å². The third-order valence-electron chi connectivity index (χ3n) is 4.22. The maximum atomic E-state index is 12.4. The van der Waals surface area contributed by atoms with Gasteiger partial charge in [0.2, 0.25) is 5.91 Å². The summed E-state index contributed by atoms with van der Waals surface area (Å²) >= 11 is 1.43. The third kappa shape index (κ3) is 4.64. The van der Waals surface area contributed by atoms with E-state index in [4.69, 9.17) is 5.26 Å². The second-order valence-corrected chi connectivity index (χ2v) is 6.99. The fraction of sp³-hybridized carbons (Fsp3) is 0.421. The summed E-state index contributed by atoms with van der Waals surface area (Å²) in [6, 6.07) is 8.35. The van der Waals surface area contributed by atoms with Crippen molar-refractivity contribution in [2.75, 3.05) is 18.8 Å². The topological polar surface area (TPSA) is 61.9 Å². The number of rotatable bonds is 7. The molecule has 0 radical (unpaired) electrons. The number of aromatic nitrogens is 2. The zero-order valence-electron chi connectivity index (χ0n) is 15.2. The first-order valence-electron chi connectivity index (χ1n) is 8.38. The second kappa shape index (κ2) is 8.72. The molecule has 6 heteroatoms. The van der Waals surface area contributed by atoms with Crippen LogP contribution in [-0.4, -0.2) is 39.2 Å². The van der Waals surface area contributed by atoms with Gasteiger partial charge in [-0.05, 0) is 44.9 Å². The van der Waals surface area contributed by atoms with E-state index in [1.165, 1.54) is 22.9 Å². The number of amides is 1. The Labute approximate surface area is 153 Å². The molecule has 0 aliphatic heterocycles. The van der Waals surface area contributed by atoms with Gasteiger partial charge in [0, 0.05) is 25.5 Å². The summed E-state index contributed by atoms with van der Waals surface area (Å²) in [5, 5.41) is 9.74. The number of hydrogen-bond donors (Lipinski definition) is 0. The summed E-state index contributed by atoms with van der Waals surface area (Å²) in [5.41, 5.74) is 3.51. The van der Waals surface area contributed by atoms with E-state index in [0.717, 1.165) is 10.8 Å². The smallest absolute Gasteiger partial charge is 0.233 e. The Morgan fingerprint density at radius 1 is 1.44 bits per heavy atom. The van der Waals surface area contributed by atoms with Crippen molar-refractivity contribution in [1.82, 2.24) is 14.5 Å². The van der Waals surface area contributed by atoms with Crippen LogP contribution < -0.4 is 0 Å². The lowest BCUT2D eigenvalue weighted by atomic mass is 10.1. The van der Waals surface area contributed by atoms with Gasteiger partial charge in [-0.1, -0.05) is 23.9 Å². The minimum Gasteiger partial charge on any atom is -0.341 e. The van der Waals surface area contributed by atoms with Gasteiger partial charge in [-0.25, -0.2) is 4.98 Å². The zero-order chi connectivity index (χ0) is 18.4. The number of nitrogens with zero attached hydrogens (tertiary/aromatic N) is 4. The molecule has 0 saturated heterocycles. The van der Waals surface area contributed by atoms with E-state index in [2.05, 4.69) is 37.0 Å². The van der Waals surface area contributed by atoms with Gasteiger partial charge in [-0.2, -0.15) is 5.26 Å². The number of thioether (sulfide) groups is 1. The SMILES string of the molecule is CCN(CC(C)C#N)C(=O)CSc1nccn1-c1cccc(C)c1C. The van der Waals surface area contributed by atoms with Crippen LogP contribution in [-0.2, 0) is 4.79 Å². The van der Waals surface area contributed by atoms with Gasteiger partial charge >= 0.3 is 0 Å². The summed E-state index contributed by atoms with van der Waals surface area (Å²) < 4.78 is 2.02. The molecule has 5 nitrogen and oxygen atoms in total. The van der Waals surface area contributed by atoms with Crippen molar-refractivity contribution in [3.63, 3.8) is 0 Å². The number of nitriles is 1. The van der Waals surface area contributed by atoms with Crippen LogP contribution in [0.1, 0.15) is 25.0 Å². The maximum Gasteiger partial charge on any atom is 0.233 e. The van der Waals surface area contributed by atoms with E-state index < -0.39 is 0 Å². The molecule has 0 spiro atoms. The van der Waals surface area contributed by atoms with Crippen LogP contribution >= 0.6 is 11.8 Å². The van der Waals surface area contributed by atoms with Crippen LogP contribution in [0.25, 0.3) is 5.69 Å². The lowest BCUT2D eigenvalue weighted by molar-refractivity contribution is -0.128. The minimum atomic E-state index is -0.161. The van der Waals surface area contributed by atoms with Crippen molar-refractivity contribution in [2.45, 2.75) is 32.9 Å². The van der Waals surface area contributed by atoms with Crippen molar-refractivity contribution in [1.29, 1.82) is 5.26 Å². The molecule has 0 N–H and O–H groups in total. The number of carbonyl (C=O) groups excluding carboxylic acids is 1. The van der Waals surface area contributed by atoms with Gasteiger partial charge in [0.05, 0.1) is 23.4 Å². The van der Waals surface area contributed by atoms with Gasteiger partial charge in [0.25, 0.3) is 0 Å². The lowest BCUT2D eigenvalue weighted by Gasteiger charge is -2.21. The first-order valence-corrected chi connectivity index (χ1v) is 9.36. The molecule has 2 aromatic rings. The Balaban J connectivity index is 2.10. The van der Waals surface area contributed by atoms with Crippen molar-refractivity contribution in [3.8, 4) is 11.8 Å². The average molecular weight is 356 g/mol. The van der Waals surface area contributed by atoms with Crippen LogP contribution in [0.5, 0.6) is 0 Å². The second-order valence-electron chi connectivity index (χ2n) is 6.05. The predicted molar refractivity (Wildman–Crippen MR) is 101 cm³/mol. The molecule has 1 unspecified atom stereocenters. The number of imidazole rings is 1. The number of carbonyl (C=O) groups is 1. The van der Waals surface area contributed by atoms with Crippen LogP contribution in [0.15, 0.2) is 35.7 Å². The molecule has 0 fully saturated rings. The highest BCUT2D eigenvalue weighted by atomic mass is 32.2. The molecule has 1 amide bonds. The average Bonchev–Trinajstić information content (AvgIpc) is 3.07. The third-order valence-corrected chi connectivity index (χ3v) is 5.17. The molecule has 2 rings (SSSR count). The molecular weight excluding hydrogens is 332 g/mol. The van der Waals surface area contributed by atoms with Crippen molar-refractivity contribution in [2.24, 2.45) is 5.92 Å². The molecular formula is C19H24N4OS. The van der Waals surface area contributed by atoms with Crippen LogP contribution in [0.2, 0.25) is 0 Å². The molecule has 1 atom stereocenters. The molecule has 0 saturated carbocycles. The first-order chi connectivity index (χ1) is 12.0. The fourth-order valence-electron chi connectivity index (χ4n) is 2.57. The summed E-state index contributed by atoms with van der Waals surface area (Å²) in [6.45, 7) is 9.02. The van der Waals surface area contributed by atoms with Crippen LogP contribution in [0.3, 0.4) is 0 Å². The Morgan fingerprint density at radius 3 is 2.88 bits per heavy atom. The Bertz CT molecular complexity index is 778. The standard InChI is InChI=1S/C19H24N4OS/c1-5-22(12-14(2)11-20)18(24)13-25-19-21-9-10-23(19)17-8-6-7-15(3)16(17)4/h6-10,14H,5,12-13H2,1-4H3. The van der Waals surface area contributed by atoms with Gasteiger partial charge in [0.1, 0.15) is 0 Å². The largest absolute Gasteiger partial charge is 0.341 e. The molecule has 0 aliphatic carbocycles. The molecule has 25 heavy (non-hydrogen) atoms. The van der Waals surface area contributed by atoms with Gasteiger partial charge in [-0.3, -0.25) is 9.36 Å². The molecule has 0 aliphatic rings. The zero-order valence-corrected chi connectivity index (χ0v) is 16.0. The molecule has 1 aromatic carbocycles. The summed E-state index contributed by atoms with van der Waals surface area (Å²) in [6.07, 6.45) is 3.67. The van der Waals surface area contributed by atoms with Crippen molar-refractivity contribution < 1.29 is 4.79 Å². The normalized spacial score (nSPS) is 11.8. The van der Waals surface area contributed by atoms with E-state index in [-0.39, 0.29) is 11.8 Å². The van der Waals surface area contributed by atoms with Crippen molar-refractivity contribution in [3.05, 3.63) is 41.7 Å². The number of hydrogen-bond acceptors (Lipinski definition) is 4. The Morgan fingerprint density at radius 2 is 2.20 bits per heavy atom. The summed E-state index contributed by atoms with van der Waals surface area (Å²) in [4.78, 5) is 18.6. The molecule has 132 valence electrons. The Kier molecular flexibility index (Phi) is 6.65. The van der Waals surface area contributed by atoms with Crippen molar-refractivity contribution >= 4 is 17.7 Å².